The molecule has 2 rings (SSSR count). The number of pyridine rings is 1. The molecule has 0 radical (unpaired) electrons. The number of hydrogen-bond acceptors (Lipinski definition) is 3. The maximum Gasteiger partial charge on any atom is 0.141 e. The maximum absolute atomic E-state index is 12.8. The van der Waals surface area contributed by atoms with Gasteiger partial charge in [-0.15, -0.1) is 0 Å². The Balaban J connectivity index is 2.23. The van der Waals surface area contributed by atoms with E-state index < -0.39 is 0 Å². The molecule has 2 heterocycles. The molecule has 0 bridgehead atoms. The molecule has 0 aliphatic rings. The standard InChI is InChI=1S/C13H15FN2O/c1-2-6-15-13(10-5-7-17-9-10)12-4-3-11(14)8-16-12/h3-5,7-9,13,15H,2,6H2,1H3. The van der Waals surface area contributed by atoms with Gasteiger partial charge < -0.3 is 9.73 Å². The number of halogens is 1. The van der Waals surface area contributed by atoms with Crippen molar-refractivity contribution in [2.75, 3.05) is 6.54 Å². The molecule has 3 nitrogen and oxygen atoms in total. The van der Waals surface area contributed by atoms with Crippen LogP contribution in [0.25, 0.3) is 0 Å². The molecule has 2 aromatic rings. The van der Waals surface area contributed by atoms with E-state index in [1.807, 2.05) is 6.07 Å². The molecule has 2 aromatic heterocycles. The van der Waals surface area contributed by atoms with Gasteiger partial charge in [0.2, 0.25) is 0 Å². The third-order valence-corrected chi connectivity index (χ3v) is 2.52. The molecule has 0 spiro atoms. The Labute approximate surface area is 99.7 Å². The van der Waals surface area contributed by atoms with Gasteiger partial charge in [-0.25, -0.2) is 4.39 Å². The highest BCUT2D eigenvalue weighted by atomic mass is 19.1. The number of furan rings is 1. The van der Waals surface area contributed by atoms with Crippen LogP contribution < -0.4 is 5.32 Å². The second kappa shape index (κ2) is 5.59. The van der Waals surface area contributed by atoms with Gasteiger partial charge in [0.1, 0.15) is 5.82 Å². The van der Waals surface area contributed by atoms with Gasteiger partial charge in [-0.1, -0.05) is 6.92 Å². The summed E-state index contributed by atoms with van der Waals surface area (Å²) < 4.78 is 17.9. The monoisotopic (exact) mass is 234 g/mol. The minimum atomic E-state index is -0.324. The fourth-order valence-corrected chi connectivity index (χ4v) is 1.68. The van der Waals surface area contributed by atoms with Crippen LogP contribution in [0.1, 0.15) is 30.6 Å². The predicted molar refractivity (Wildman–Crippen MR) is 63.0 cm³/mol. The lowest BCUT2D eigenvalue weighted by Gasteiger charge is -2.16. The zero-order valence-electron chi connectivity index (χ0n) is 9.69. The Bertz CT molecular complexity index is 439. The average molecular weight is 234 g/mol. The second-order valence-electron chi connectivity index (χ2n) is 3.85. The van der Waals surface area contributed by atoms with Gasteiger partial charge in [-0.05, 0) is 31.2 Å². The van der Waals surface area contributed by atoms with Crippen LogP contribution in [0.2, 0.25) is 0 Å². The normalized spacial score (nSPS) is 12.6. The Morgan fingerprint density at radius 1 is 1.41 bits per heavy atom. The Kier molecular flexibility index (Phi) is 3.88. The van der Waals surface area contributed by atoms with Crippen molar-refractivity contribution >= 4 is 0 Å². The Hall–Kier alpha value is -1.68. The van der Waals surface area contributed by atoms with E-state index in [1.165, 1.54) is 12.3 Å². The van der Waals surface area contributed by atoms with E-state index in [0.717, 1.165) is 24.2 Å². The molecule has 17 heavy (non-hydrogen) atoms. The van der Waals surface area contributed by atoms with Crippen LogP contribution in [0.3, 0.4) is 0 Å². The van der Waals surface area contributed by atoms with E-state index >= 15 is 0 Å². The Morgan fingerprint density at radius 2 is 2.29 bits per heavy atom. The molecule has 1 atom stereocenters. The predicted octanol–water partition coefficient (Wildman–Crippen LogP) is 2.90. The molecule has 0 fully saturated rings. The summed E-state index contributed by atoms with van der Waals surface area (Å²) in [5.41, 5.74) is 1.79. The minimum Gasteiger partial charge on any atom is -0.472 e. The lowest BCUT2D eigenvalue weighted by atomic mass is 10.1. The van der Waals surface area contributed by atoms with Crippen molar-refractivity contribution < 1.29 is 8.81 Å². The Morgan fingerprint density at radius 3 is 2.88 bits per heavy atom. The van der Waals surface area contributed by atoms with Crippen molar-refractivity contribution in [3.63, 3.8) is 0 Å². The second-order valence-corrected chi connectivity index (χ2v) is 3.85. The first-order chi connectivity index (χ1) is 8.31. The lowest BCUT2D eigenvalue weighted by Crippen LogP contribution is -2.23. The topological polar surface area (TPSA) is 38.1 Å². The van der Waals surface area contributed by atoms with Gasteiger partial charge in [0.25, 0.3) is 0 Å². The average Bonchev–Trinajstić information content (AvgIpc) is 2.85. The van der Waals surface area contributed by atoms with E-state index in [0.29, 0.717) is 0 Å². The van der Waals surface area contributed by atoms with E-state index in [2.05, 4.69) is 17.2 Å². The molecule has 0 saturated heterocycles. The molecule has 1 N–H and O–H groups in total. The molecular weight excluding hydrogens is 219 g/mol. The van der Waals surface area contributed by atoms with Crippen molar-refractivity contribution in [1.82, 2.24) is 10.3 Å². The molecule has 90 valence electrons. The van der Waals surface area contributed by atoms with Crippen LogP contribution in [-0.2, 0) is 0 Å². The number of hydrogen-bond donors (Lipinski definition) is 1. The largest absolute Gasteiger partial charge is 0.472 e. The summed E-state index contributed by atoms with van der Waals surface area (Å²) in [6.45, 7) is 2.96. The number of rotatable bonds is 5. The van der Waals surface area contributed by atoms with Crippen LogP contribution in [0, 0.1) is 5.82 Å². The summed E-state index contributed by atoms with van der Waals surface area (Å²) in [6, 6.07) is 4.95. The summed E-state index contributed by atoms with van der Waals surface area (Å²) >= 11 is 0. The zero-order chi connectivity index (χ0) is 12.1. The van der Waals surface area contributed by atoms with Crippen molar-refractivity contribution in [2.24, 2.45) is 0 Å². The van der Waals surface area contributed by atoms with Crippen LogP contribution in [0.4, 0.5) is 4.39 Å². The van der Waals surface area contributed by atoms with E-state index in [4.69, 9.17) is 4.42 Å². The highest BCUT2D eigenvalue weighted by Crippen LogP contribution is 2.20. The zero-order valence-corrected chi connectivity index (χ0v) is 9.69. The highest BCUT2D eigenvalue weighted by Gasteiger charge is 2.15. The number of nitrogens with zero attached hydrogens (tertiary/aromatic N) is 1. The van der Waals surface area contributed by atoms with Gasteiger partial charge in [0.05, 0.1) is 30.5 Å². The summed E-state index contributed by atoms with van der Waals surface area (Å²) in [5.74, 6) is -0.324. The van der Waals surface area contributed by atoms with Crippen molar-refractivity contribution in [2.45, 2.75) is 19.4 Å². The van der Waals surface area contributed by atoms with Crippen LogP contribution in [-0.4, -0.2) is 11.5 Å². The van der Waals surface area contributed by atoms with Crippen LogP contribution >= 0.6 is 0 Å². The van der Waals surface area contributed by atoms with Gasteiger partial charge in [0.15, 0.2) is 0 Å². The van der Waals surface area contributed by atoms with E-state index in [9.17, 15) is 4.39 Å². The van der Waals surface area contributed by atoms with Gasteiger partial charge >= 0.3 is 0 Å². The fourth-order valence-electron chi connectivity index (χ4n) is 1.68. The molecule has 4 heteroatoms. The van der Waals surface area contributed by atoms with Crippen LogP contribution in [0.5, 0.6) is 0 Å². The lowest BCUT2D eigenvalue weighted by molar-refractivity contribution is 0.543. The number of nitrogens with one attached hydrogen (secondary N) is 1. The molecular formula is C13H15FN2O. The number of aromatic nitrogens is 1. The molecule has 1 unspecified atom stereocenters. The van der Waals surface area contributed by atoms with Gasteiger partial charge in [-0.3, -0.25) is 4.98 Å². The first-order valence-corrected chi connectivity index (χ1v) is 5.68. The first kappa shape index (κ1) is 11.8. The molecule has 0 aliphatic heterocycles. The third-order valence-electron chi connectivity index (χ3n) is 2.52. The van der Waals surface area contributed by atoms with Crippen molar-refractivity contribution in [1.29, 1.82) is 0 Å². The van der Waals surface area contributed by atoms with E-state index in [-0.39, 0.29) is 11.9 Å². The van der Waals surface area contributed by atoms with Crippen molar-refractivity contribution in [3.05, 3.63) is 54.0 Å². The quantitative estimate of drug-likeness (QED) is 0.864. The minimum absolute atomic E-state index is 0.0469. The smallest absolute Gasteiger partial charge is 0.141 e. The molecule has 0 saturated carbocycles. The van der Waals surface area contributed by atoms with Gasteiger partial charge in [-0.2, -0.15) is 0 Å². The van der Waals surface area contributed by atoms with E-state index in [1.54, 1.807) is 18.6 Å². The molecule has 0 amide bonds. The SMILES string of the molecule is CCCNC(c1ccoc1)c1ccc(F)cn1. The summed E-state index contributed by atoms with van der Waals surface area (Å²) in [5, 5.41) is 3.36. The fraction of sp³-hybridized carbons (Fsp3) is 0.308. The van der Waals surface area contributed by atoms with Gasteiger partial charge in [0, 0.05) is 5.56 Å². The summed E-state index contributed by atoms with van der Waals surface area (Å²) in [4.78, 5) is 4.11. The maximum atomic E-state index is 12.8. The first-order valence-electron chi connectivity index (χ1n) is 5.68. The van der Waals surface area contributed by atoms with Crippen LogP contribution in [0.15, 0.2) is 41.3 Å². The molecule has 0 aromatic carbocycles. The third kappa shape index (κ3) is 2.91. The summed E-state index contributed by atoms with van der Waals surface area (Å²) in [6.07, 6.45) is 5.56. The molecule has 0 aliphatic carbocycles. The summed E-state index contributed by atoms with van der Waals surface area (Å²) in [7, 11) is 0. The van der Waals surface area contributed by atoms with Crippen molar-refractivity contribution in [3.8, 4) is 0 Å². The highest BCUT2D eigenvalue weighted by molar-refractivity contribution is 5.24.